The van der Waals surface area contributed by atoms with Gasteiger partial charge >= 0.3 is 5.97 Å². The largest absolute Gasteiger partial charge is 0.462 e. The molecule has 0 saturated heterocycles. The lowest BCUT2D eigenvalue weighted by molar-refractivity contribution is -0.177. The van der Waals surface area contributed by atoms with Crippen LogP contribution in [0, 0.1) is 0 Å². The van der Waals surface area contributed by atoms with E-state index in [-0.39, 0.29) is 11.4 Å². The van der Waals surface area contributed by atoms with Crippen LogP contribution in [0.25, 0.3) is 0 Å². The molecule has 0 aromatic carbocycles. The van der Waals surface area contributed by atoms with Gasteiger partial charge in [-0.2, -0.15) is 0 Å². The molecule has 0 aromatic heterocycles. The fraction of sp³-hybridized carbons (Fsp3) is 0.786. The Labute approximate surface area is 119 Å². The average molecular weight is 288 g/mol. The summed E-state index contributed by atoms with van der Waals surface area (Å²) in [6, 6.07) is 0. The van der Waals surface area contributed by atoms with Gasteiger partial charge in [0, 0.05) is 18.8 Å². The summed E-state index contributed by atoms with van der Waals surface area (Å²) in [7, 11) is 0.860. The summed E-state index contributed by atoms with van der Waals surface area (Å²) in [5.41, 5.74) is 0.101. The molecule has 19 heavy (non-hydrogen) atoms. The topological polar surface area (TPSA) is 44.8 Å². The van der Waals surface area contributed by atoms with E-state index in [4.69, 9.17) is 14.2 Å². The molecule has 0 saturated carbocycles. The van der Waals surface area contributed by atoms with Gasteiger partial charge in [-0.3, -0.25) is 0 Å². The van der Waals surface area contributed by atoms with E-state index in [1.165, 1.54) is 0 Å². The Morgan fingerprint density at radius 3 is 2.21 bits per heavy atom. The van der Waals surface area contributed by atoms with E-state index in [2.05, 4.69) is 6.58 Å². The van der Waals surface area contributed by atoms with Crippen molar-refractivity contribution in [2.45, 2.75) is 51.9 Å². The van der Waals surface area contributed by atoms with Crippen LogP contribution in [0.15, 0.2) is 12.2 Å². The van der Waals surface area contributed by atoms with E-state index in [9.17, 15) is 4.79 Å². The number of ether oxygens (including phenoxy) is 3. The maximum atomic E-state index is 11.1. The summed E-state index contributed by atoms with van der Waals surface area (Å²) in [6.45, 7) is 11.0. The predicted molar refractivity (Wildman–Crippen MR) is 80.2 cm³/mol. The Kier molecular flexibility index (Phi) is 9.82. The van der Waals surface area contributed by atoms with Gasteiger partial charge in [0.1, 0.15) is 5.41 Å². The summed E-state index contributed by atoms with van der Waals surface area (Å²) in [5, 5.41) is 0. The molecule has 0 unspecified atom stereocenters. The standard InChI is InChI=1S/C14H28O4Si/c1-5-17-14(19,18-6-2)10-8-7-9-11-16-13(15)12(3)4/h3,5-11H2,1-2,4,19H3. The normalized spacial score (nSPS) is 11.5. The molecule has 0 amide bonds. The lowest BCUT2D eigenvalue weighted by atomic mass is 10.2. The van der Waals surface area contributed by atoms with E-state index in [1.807, 2.05) is 13.8 Å². The number of hydrogen-bond acceptors (Lipinski definition) is 4. The average Bonchev–Trinajstić information content (AvgIpc) is 2.33. The van der Waals surface area contributed by atoms with Crippen molar-refractivity contribution in [1.82, 2.24) is 0 Å². The van der Waals surface area contributed by atoms with Gasteiger partial charge in [-0.25, -0.2) is 4.79 Å². The smallest absolute Gasteiger partial charge is 0.333 e. The second kappa shape index (κ2) is 10.2. The number of esters is 1. The summed E-state index contributed by atoms with van der Waals surface area (Å²) >= 11 is 0. The Morgan fingerprint density at radius 1 is 1.16 bits per heavy atom. The predicted octanol–water partition coefficient (Wildman–Crippen LogP) is 1.76. The van der Waals surface area contributed by atoms with Crippen LogP contribution in [0.1, 0.15) is 46.5 Å². The molecule has 0 aliphatic rings. The highest BCUT2D eigenvalue weighted by atomic mass is 28.1. The first-order valence-corrected chi connectivity index (χ1v) is 8.05. The molecule has 0 N–H and O–H groups in total. The van der Waals surface area contributed by atoms with Crippen molar-refractivity contribution in [3.8, 4) is 0 Å². The zero-order valence-corrected chi connectivity index (χ0v) is 14.8. The minimum absolute atomic E-state index is 0.305. The molecule has 0 heterocycles. The minimum atomic E-state index is -0.349. The molecule has 0 fully saturated rings. The Hall–Kier alpha value is -0.653. The van der Waals surface area contributed by atoms with Crippen LogP contribution in [0.4, 0.5) is 0 Å². The van der Waals surface area contributed by atoms with Crippen molar-refractivity contribution < 1.29 is 19.0 Å². The number of carbonyl (C=O) groups excluding carboxylic acids is 1. The minimum Gasteiger partial charge on any atom is -0.462 e. The van der Waals surface area contributed by atoms with Gasteiger partial charge in [0.25, 0.3) is 0 Å². The highest BCUT2D eigenvalue weighted by molar-refractivity contribution is 6.13. The van der Waals surface area contributed by atoms with Crippen LogP contribution in [0.2, 0.25) is 0 Å². The quantitative estimate of drug-likeness (QED) is 0.191. The molecule has 0 rings (SSSR count). The van der Waals surface area contributed by atoms with Crippen molar-refractivity contribution in [1.29, 1.82) is 0 Å². The van der Waals surface area contributed by atoms with Crippen molar-refractivity contribution >= 4 is 16.2 Å². The van der Waals surface area contributed by atoms with Crippen LogP contribution < -0.4 is 0 Å². The van der Waals surface area contributed by atoms with E-state index < -0.39 is 0 Å². The van der Waals surface area contributed by atoms with Gasteiger partial charge in [-0.05, 0) is 46.5 Å². The van der Waals surface area contributed by atoms with Crippen LogP contribution in [-0.2, 0) is 19.0 Å². The molecule has 0 spiro atoms. The first-order chi connectivity index (χ1) is 8.95. The SMILES string of the molecule is C=C(C)C(=O)OCCCCCC([SiH3])(OCC)OCC. The molecular weight excluding hydrogens is 260 g/mol. The molecule has 5 heteroatoms. The van der Waals surface area contributed by atoms with Crippen LogP contribution in [0.5, 0.6) is 0 Å². The summed E-state index contributed by atoms with van der Waals surface area (Å²) < 4.78 is 16.4. The highest BCUT2D eigenvalue weighted by Crippen LogP contribution is 2.18. The van der Waals surface area contributed by atoms with Crippen LogP contribution >= 0.6 is 0 Å². The van der Waals surface area contributed by atoms with Crippen molar-refractivity contribution in [3.05, 3.63) is 12.2 Å². The van der Waals surface area contributed by atoms with Crippen molar-refractivity contribution in [3.63, 3.8) is 0 Å². The van der Waals surface area contributed by atoms with Crippen molar-refractivity contribution in [2.75, 3.05) is 19.8 Å². The Balaban J connectivity index is 3.71. The molecule has 4 nitrogen and oxygen atoms in total. The Bertz CT molecular complexity index is 273. The third-order valence-corrected chi connectivity index (χ3v) is 3.83. The number of hydrogen-bond donors (Lipinski definition) is 0. The van der Waals surface area contributed by atoms with E-state index >= 15 is 0 Å². The van der Waals surface area contributed by atoms with Gasteiger partial charge in [-0.15, -0.1) is 0 Å². The van der Waals surface area contributed by atoms with E-state index in [1.54, 1.807) is 6.92 Å². The van der Waals surface area contributed by atoms with Gasteiger partial charge < -0.3 is 14.2 Å². The van der Waals surface area contributed by atoms with Crippen LogP contribution in [0.3, 0.4) is 0 Å². The summed E-state index contributed by atoms with van der Waals surface area (Å²) in [4.78, 5) is 11.1. The summed E-state index contributed by atoms with van der Waals surface area (Å²) in [6.07, 6.45) is 3.81. The number of rotatable bonds is 11. The lowest BCUT2D eigenvalue weighted by Gasteiger charge is -2.29. The zero-order chi connectivity index (χ0) is 14.7. The lowest BCUT2D eigenvalue weighted by Crippen LogP contribution is -2.36. The highest BCUT2D eigenvalue weighted by Gasteiger charge is 2.23. The third kappa shape index (κ3) is 8.97. The van der Waals surface area contributed by atoms with Gasteiger partial charge in [-0.1, -0.05) is 6.58 Å². The molecular formula is C14H28O4Si. The molecule has 0 radical (unpaired) electrons. The second-order valence-corrected chi connectivity index (χ2v) is 6.25. The molecule has 0 bridgehead atoms. The summed E-state index contributed by atoms with van der Waals surface area (Å²) in [5.74, 6) is -0.305. The maximum absolute atomic E-state index is 11.1. The first kappa shape index (κ1) is 18.3. The zero-order valence-electron chi connectivity index (χ0n) is 12.8. The molecule has 0 atom stereocenters. The first-order valence-electron chi connectivity index (χ1n) is 7.05. The molecule has 0 aromatic rings. The monoisotopic (exact) mass is 288 g/mol. The Morgan fingerprint density at radius 2 is 1.74 bits per heavy atom. The number of carbonyl (C=O) groups is 1. The van der Waals surface area contributed by atoms with Gasteiger partial charge in [0.15, 0.2) is 0 Å². The maximum Gasteiger partial charge on any atom is 0.333 e. The molecule has 112 valence electrons. The van der Waals surface area contributed by atoms with Gasteiger partial charge in [0.2, 0.25) is 0 Å². The van der Waals surface area contributed by atoms with Crippen LogP contribution in [-0.4, -0.2) is 41.4 Å². The number of unbranched alkanes of at least 4 members (excludes halogenated alkanes) is 2. The fourth-order valence-corrected chi connectivity index (χ4v) is 2.74. The van der Waals surface area contributed by atoms with E-state index in [0.717, 1.165) is 35.9 Å². The van der Waals surface area contributed by atoms with Gasteiger partial charge in [0.05, 0.1) is 16.8 Å². The van der Waals surface area contributed by atoms with Crippen molar-refractivity contribution in [2.24, 2.45) is 0 Å². The second-order valence-electron chi connectivity index (χ2n) is 4.73. The van der Waals surface area contributed by atoms with E-state index in [0.29, 0.717) is 25.4 Å². The molecule has 0 aliphatic heterocycles. The third-order valence-electron chi connectivity index (χ3n) is 2.76. The fourth-order valence-electron chi connectivity index (χ4n) is 1.81. The molecule has 0 aliphatic carbocycles.